The predicted molar refractivity (Wildman–Crippen MR) is 84.5 cm³/mol. The maximum absolute atomic E-state index is 11.9. The van der Waals surface area contributed by atoms with Crippen molar-refractivity contribution < 1.29 is 23.8 Å². The highest BCUT2D eigenvalue weighted by molar-refractivity contribution is 5.91. The Kier molecular flexibility index (Phi) is 6.87. The Labute approximate surface area is 136 Å². The van der Waals surface area contributed by atoms with Gasteiger partial charge in [-0.05, 0) is 43.5 Å². The quantitative estimate of drug-likeness (QED) is 0.741. The second-order valence-electron chi connectivity index (χ2n) is 5.39. The number of rotatable bonds is 8. The van der Waals surface area contributed by atoms with Crippen LogP contribution < -0.4 is 10.1 Å². The van der Waals surface area contributed by atoms with Gasteiger partial charge in [-0.25, -0.2) is 4.79 Å². The Morgan fingerprint density at radius 1 is 1.30 bits per heavy atom. The van der Waals surface area contributed by atoms with E-state index in [1.807, 2.05) is 6.92 Å². The van der Waals surface area contributed by atoms with Crippen LogP contribution in [0.1, 0.15) is 36.5 Å². The van der Waals surface area contributed by atoms with Gasteiger partial charge in [-0.2, -0.15) is 0 Å². The first-order valence-corrected chi connectivity index (χ1v) is 7.97. The normalized spacial score (nSPS) is 16.8. The summed E-state index contributed by atoms with van der Waals surface area (Å²) in [5, 5.41) is 2.70. The van der Waals surface area contributed by atoms with Crippen LogP contribution in [0.3, 0.4) is 0 Å². The average Bonchev–Trinajstić information content (AvgIpc) is 3.10. The third-order valence-electron chi connectivity index (χ3n) is 3.45. The number of carbonyl (C=O) groups excluding carboxylic acids is 2. The van der Waals surface area contributed by atoms with Gasteiger partial charge in [0.15, 0.2) is 6.61 Å². The summed E-state index contributed by atoms with van der Waals surface area (Å²) in [6.45, 7) is 3.57. The lowest BCUT2D eigenvalue weighted by molar-refractivity contribution is -0.124. The van der Waals surface area contributed by atoms with Crippen molar-refractivity contribution in [1.29, 1.82) is 0 Å². The summed E-state index contributed by atoms with van der Waals surface area (Å²) in [7, 11) is 0. The predicted octanol–water partition coefficient (Wildman–Crippen LogP) is 1.93. The van der Waals surface area contributed by atoms with Crippen LogP contribution in [0, 0.1) is 0 Å². The topological polar surface area (TPSA) is 73.9 Å². The van der Waals surface area contributed by atoms with Crippen LogP contribution in [-0.2, 0) is 14.3 Å². The third-order valence-corrected chi connectivity index (χ3v) is 3.45. The minimum absolute atomic E-state index is 0.0744. The lowest BCUT2D eigenvalue weighted by Gasteiger charge is -2.11. The Morgan fingerprint density at radius 3 is 2.74 bits per heavy atom. The van der Waals surface area contributed by atoms with Crippen LogP contribution in [0.5, 0.6) is 5.75 Å². The molecule has 126 valence electrons. The highest BCUT2D eigenvalue weighted by Crippen LogP contribution is 2.13. The lowest BCUT2D eigenvalue weighted by Crippen LogP contribution is -2.34. The van der Waals surface area contributed by atoms with Crippen LogP contribution in [0.4, 0.5) is 0 Å². The summed E-state index contributed by atoms with van der Waals surface area (Å²) < 4.78 is 15.8. The number of carbonyl (C=O) groups is 2. The Balaban J connectivity index is 1.69. The smallest absolute Gasteiger partial charge is 0.338 e. The second kappa shape index (κ2) is 9.15. The summed E-state index contributed by atoms with van der Waals surface area (Å²) in [6.07, 6.45) is 2.97. The molecule has 0 spiro atoms. The second-order valence-corrected chi connectivity index (χ2v) is 5.39. The SMILES string of the molecule is CCCOc1ccc(C(=O)OCC(=O)NC[C@@H]2CCCO2)cc1. The van der Waals surface area contributed by atoms with E-state index in [2.05, 4.69) is 5.32 Å². The van der Waals surface area contributed by atoms with Crippen molar-refractivity contribution >= 4 is 11.9 Å². The summed E-state index contributed by atoms with van der Waals surface area (Å²) >= 11 is 0. The summed E-state index contributed by atoms with van der Waals surface area (Å²) in [4.78, 5) is 23.5. The van der Waals surface area contributed by atoms with Crippen molar-refractivity contribution in [1.82, 2.24) is 5.32 Å². The molecule has 1 aromatic rings. The molecule has 1 N–H and O–H groups in total. The maximum atomic E-state index is 11.9. The molecule has 0 aliphatic carbocycles. The first-order chi connectivity index (χ1) is 11.2. The van der Waals surface area contributed by atoms with Crippen molar-refractivity contribution in [2.45, 2.75) is 32.3 Å². The van der Waals surface area contributed by atoms with Crippen molar-refractivity contribution in [3.8, 4) is 5.75 Å². The highest BCUT2D eigenvalue weighted by atomic mass is 16.5. The molecule has 6 heteroatoms. The van der Waals surface area contributed by atoms with Crippen molar-refractivity contribution in [3.63, 3.8) is 0 Å². The zero-order valence-corrected chi connectivity index (χ0v) is 13.4. The van der Waals surface area contributed by atoms with Crippen LogP contribution in [0.25, 0.3) is 0 Å². The molecule has 2 rings (SSSR count). The highest BCUT2D eigenvalue weighted by Gasteiger charge is 2.17. The number of hydrogen-bond donors (Lipinski definition) is 1. The Hall–Kier alpha value is -2.08. The fourth-order valence-corrected chi connectivity index (χ4v) is 2.21. The number of benzene rings is 1. The number of esters is 1. The van der Waals surface area contributed by atoms with E-state index in [1.54, 1.807) is 24.3 Å². The first-order valence-electron chi connectivity index (χ1n) is 7.97. The summed E-state index contributed by atoms with van der Waals surface area (Å²) in [5.41, 5.74) is 0.390. The minimum atomic E-state index is -0.528. The monoisotopic (exact) mass is 321 g/mol. The molecule has 1 heterocycles. The van der Waals surface area contributed by atoms with E-state index in [0.29, 0.717) is 24.5 Å². The summed E-state index contributed by atoms with van der Waals surface area (Å²) in [6, 6.07) is 6.67. The largest absolute Gasteiger partial charge is 0.494 e. The van der Waals surface area contributed by atoms with E-state index in [4.69, 9.17) is 14.2 Å². The van der Waals surface area contributed by atoms with Crippen molar-refractivity contribution in [2.24, 2.45) is 0 Å². The molecule has 1 aliphatic rings. The molecular weight excluding hydrogens is 298 g/mol. The molecule has 1 fully saturated rings. The van der Waals surface area contributed by atoms with Gasteiger partial charge in [0.1, 0.15) is 5.75 Å². The first kappa shape index (κ1) is 17.3. The standard InChI is InChI=1S/C17H23NO5/c1-2-9-21-14-7-5-13(6-8-14)17(20)23-12-16(19)18-11-15-4-3-10-22-15/h5-8,15H,2-4,9-12H2,1H3,(H,18,19)/t15-/m0/s1. The molecule has 6 nitrogen and oxygen atoms in total. The van der Waals surface area contributed by atoms with E-state index >= 15 is 0 Å². The fourth-order valence-electron chi connectivity index (χ4n) is 2.21. The average molecular weight is 321 g/mol. The van der Waals surface area contributed by atoms with E-state index in [-0.39, 0.29) is 18.6 Å². The third kappa shape index (κ3) is 5.90. The fraction of sp³-hybridized carbons (Fsp3) is 0.529. The molecule has 1 amide bonds. The van der Waals surface area contributed by atoms with Crippen LogP contribution in [-0.4, -0.2) is 44.3 Å². The molecule has 1 saturated heterocycles. The zero-order valence-electron chi connectivity index (χ0n) is 13.4. The summed E-state index contributed by atoms with van der Waals surface area (Å²) in [5.74, 6) is -0.145. The van der Waals surface area contributed by atoms with E-state index < -0.39 is 5.97 Å². The van der Waals surface area contributed by atoms with E-state index in [0.717, 1.165) is 25.9 Å². The Morgan fingerprint density at radius 2 is 2.09 bits per heavy atom. The van der Waals surface area contributed by atoms with Crippen molar-refractivity contribution in [2.75, 3.05) is 26.4 Å². The molecule has 0 saturated carbocycles. The maximum Gasteiger partial charge on any atom is 0.338 e. The molecule has 0 bridgehead atoms. The van der Waals surface area contributed by atoms with Crippen LogP contribution >= 0.6 is 0 Å². The molecule has 23 heavy (non-hydrogen) atoms. The van der Waals surface area contributed by atoms with Gasteiger partial charge in [0, 0.05) is 13.2 Å². The van der Waals surface area contributed by atoms with Crippen LogP contribution in [0.2, 0.25) is 0 Å². The van der Waals surface area contributed by atoms with Gasteiger partial charge in [0.2, 0.25) is 0 Å². The van der Waals surface area contributed by atoms with Gasteiger partial charge in [0.25, 0.3) is 5.91 Å². The van der Waals surface area contributed by atoms with E-state index in [1.165, 1.54) is 0 Å². The number of hydrogen-bond acceptors (Lipinski definition) is 5. The van der Waals surface area contributed by atoms with Gasteiger partial charge in [-0.15, -0.1) is 0 Å². The van der Waals surface area contributed by atoms with Crippen molar-refractivity contribution in [3.05, 3.63) is 29.8 Å². The number of amides is 1. The molecule has 1 aliphatic heterocycles. The Bertz CT molecular complexity index is 508. The van der Waals surface area contributed by atoms with Gasteiger partial charge >= 0.3 is 5.97 Å². The minimum Gasteiger partial charge on any atom is -0.494 e. The van der Waals surface area contributed by atoms with Gasteiger partial charge < -0.3 is 19.5 Å². The number of nitrogens with one attached hydrogen (secondary N) is 1. The zero-order chi connectivity index (χ0) is 16.5. The number of ether oxygens (including phenoxy) is 3. The van der Waals surface area contributed by atoms with E-state index in [9.17, 15) is 9.59 Å². The lowest BCUT2D eigenvalue weighted by atomic mass is 10.2. The van der Waals surface area contributed by atoms with Gasteiger partial charge in [-0.3, -0.25) is 4.79 Å². The van der Waals surface area contributed by atoms with Gasteiger partial charge in [-0.1, -0.05) is 6.92 Å². The molecule has 1 aromatic carbocycles. The van der Waals surface area contributed by atoms with Crippen LogP contribution in [0.15, 0.2) is 24.3 Å². The molecule has 0 radical (unpaired) electrons. The molecule has 1 atom stereocenters. The van der Waals surface area contributed by atoms with Gasteiger partial charge in [0.05, 0.1) is 18.3 Å². The molecule has 0 aromatic heterocycles. The molecule has 0 unspecified atom stereocenters. The molecular formula is C17H23NO5.